The number of nitrogens with one attached hydrogen (secondary N) is 1. The number of hydrogen-bond donors (Lipinski definition) is 2. The van der Waals surface area contributed by atoms with Crippen LogP contribution in [0.15, 0.2) is 52.3 Å². The summed E-state index contributed by atoms with van der Waals surface area (Å²) in [5.74, 6) is -1.32. The SMILES string of the molecule is O=C1CCC(N2C(=O)c3cccc(SCCCCCc4ccc(S(=O)(=O)O)cc4)c3C2=O)C(=O)N1. The van der Waals surface area contributed by atoms with Crippen LogP contribution in [0.25, 0.3) is 0 Å². The second kappa shape index (κ2) is 10.3. The molecular weight excluding hydrogens is 492 g/mol. The van der Waals surface area contributed by atoms with Crippen molar-refractivity contribution >= 4 is 45.5 Å². The number of unbranched alkanes of at least 4 members (excludes halogenated alkanes) is 2. The van der Waals surface area contributed by atoms with Gasteiger partial charge in [-0.2, -0.15) is 8.42 Å². The molecule has 0 aromatic heterocycles. The van der Waals surface area contributed by atoms with E-state index in [1.54, 1.807) is 30.3 Å². The topological polar surface area (TPSA) is 138 Å². The molecule has 2 aliphatic heterocycles. The largest absolute Gasteiger partial charge is 0.295 e. The van der Waals surface area contributed by atoms with Gasteiger partial charge < -0.3 is 0 Å². The van der Waals surface area contributed by atoms with Gasteiger partial charge in [0.05, 0.1) is 16.0 Å². The molecule has 2 aromatic rings. The van der Waals surface area contributed by atoms with Crippen molar-refractivity contribution in [3.8, 4) is 0 Å². The highest BCUT2D eigenvalue weighted by Crippen LogP contribution is 2.34. The minimum absolute atomic E-state index is 0.0795. The van der Waals surface area contributed by atoms with E-state index >= 15 is 0 Å². The number of benzene rings is 2. The number of thioether (sulfide) groups is 1. The summed E-state index contributed by atoms with van der Waals surface area (Å²) in [7, 11) is -4.19. The second-order valence-corrected chi connectivity index (χ2v) is 11.0. The van der Waals surface area contributed by atoms with E-state index in [2.05, 4.69) is 5.32 Å². The van der Waals surface area contributed by atoms with Gasteiger partial charge in [-0.3, -0.25) is 33.9 Å². The zero-order valence-corrected chi connectivity index (χ0v) is 20.4. The van der Waals surface area contributed by atoms with Crippen LogP contribution in [0.5, 0.6) is 0 Å². The van der Waals surface area contributed by atoms with Crippen molar-refractivity contribution in [1.29, 1.82) is 0 Å². The highest BCUT2D eigenvalue weighted by Gasteiger charge is 2.45. The number of piperidine rings is 1. The van der Waals surface area contributed by atoms with E-state index in [0.717, 1.165) is 41.9 Å². The molecule has 2 aliphatic rings. The van der Waals surface area contributed by atoms with Crippen molar-refractivity contribution in [2.45, 2.75) is 54.4 Å². The molecule has 2 N–H and O–H groups in total. The summed E-state index contributed by atoms with van der Waals surface area (Å²) < 4.78 is 31.3. The van der Waals surface area contributed by atoms with E-state index in [1.165, 1.54) is 23.9 Å². The Labute approximate surface area is 207 Å². The van der Waals surface area contributed by atoms with Gasteiger partial charge in [-0.1, -0.05) is 24.6 Å². The van der Waals surface area contributed by atoms with Gasteiger partial charge >= 0.3 is 0 Å². The Balaban J connectivity index is 1.31. The molecule has 1 unspecified atom stereocenters. The maximum atomic E-state index is 13.1. The molecule has 1 saturated heterocycles. The highest BCUT2D eigenvalue weighted by molar-refractivity contribution is 7.99. The molecule has 35 heavy (non-hydrogen) atoms. The fraction of sp³-hybridized carbons (Fsp3) is 0.333. The number of carbonyl (C=O) groups is 4. The van der Waals surface area contributed by atoms with E-state index in [0.29, 0.717) is 10.5 Å². The molecule has 0 spiro atoms. The monoisotopic (exact) mass is 516 g/mol. The molecule has 4 amide bonds. The number of aryl methyl sites for hydroxylation is 1. The van der Waals surface area contributed by atoms with Crippen LogP contribution in [0.1, 0.15) is 58.4 Å². The van der Waals surface area contributed by atoms with E-state index in [1.807, 2.05) is 0 Å². The maximum Gasteiger partial charge on any atom is 0.294 e. The van der Waals surface area contributed by atoms with E-state index < -0.39 is 39.8 Å². The van der Waals surface area contributed by atoms with Crippen LogP contribution in [0.2, 0.25) is 0 Å². The molecule has 0 radical (unpaired) electrons. The van der Waals surface area contributed by atoms with Crippen LogP contribution in [-0.4, -0.2) is 53.3 Å². The average Bonchev–Trinajstić information content (AvgIpc) is 3.07. The second-order valence-electron chi connectivity index (χ2n) is 8.40. The molecular formula is C24H24N2O7S2. The summed E-state index contributed by atoms with van der Waals surface area (Å²) >= 11 is 1.48. The maximum absolute atomic E-state index is 13.1. The standard InChI is InChI=1S/C24H24N2O7S2/c27-20-13-12-18(22(28)25-20)26-23(29)17-6-4-7-19(21(17)24(26)30)34-14-3-1-2-5-15-8-10-16(11-9-15)35(31,32)33/h4,6-11,18H,1-3,5,12-14H2,(H,25,27,28)(H,31,32,33). The van der Waals surface area contributed by atoms with Crippen LogP contribution < -0.4 is 5.32 Å². The van der Waals surface area contributed by atoms with Crippen LogP contribution in [-0.2, 0) is 26.1 Å². The highest BCUT2D eigenvalue weighted by atomic mass is 32.2. The Bertz CT molecular complexity index is 1290. The molecule has 0 saturated carbocycles. The van der Waals surface area contributed by atoms with Crippen molar-refractivity contribution in [3.63, 3.8) is 0 Å². The van der Waals surface area contributed by atoms with Gasteiger partial charge in [-0.05, 0) is 61.3 Å². The zero-order valence-electron chi connectivity index (χ0n) is 18.7. The van der Waals surface area contributed by atoms with Crippen molar-refractivity contribution in [2.24, 2.45) is 0 Å². The molecule has 0 aliphatic carbocycles. The smallest absolute Gasteiger partial charge is 0.294 e. The molecule has 9 nitrogen and oxygen atoms in total. The predicted octanol–water partition coefficient (Wildman–Crippen LogP) is 2.84. The summed E-state index contributed by atoms with van der Waals surface area (Å²) in [6.45, 7) is 0. The molecule has 0 bridgehead atoms. The number of carbonyl (C=O) groups excluding carboxylic acids is 4. The van der Waals surface area contributed by atoms with Gasteiger partial charge in [-0.15, -0.1) is 11.8 Å². The van der Waals surface area contributed by atoms with Crippen molar-refractivity contribution in [1.82, 2.24) is 10.2 Å². The Morgan fingerprint density at radius 2 is 1.71 bits per heavy atom. The van der Waals surface area contributed by atoms with Gasteiger partial charge in [0, 0.05) is 11.3 Å². The first-order valence-corrected chi connectivity index (χ1v) is 13.6. The molecule has 2 heterocycles. The lowest BCUT2D eigenvalue weighted by molar-refractivity contribution is -0.136. The van der Waals surface area contributed by atoms with Gasteiger partial charge in [0.1, 0.15) is 6.04 Å². The van der Waals surface area contributed by atoms with Crippen molar-refractivity contribution < 1.29 is 32.1 Å². The summed E-state index contributed by atoms with van der Waals surface area (Å²) in [4.78, 5) is 51.2. The number of fused-ring (bicyclic) bond motifs is 1. The first kappa shape index (κ1) is 25.1. The fourth-order valence-electron chi connectivity index (χ4n) is 4.22. The van der Waals surface area contributed by atoms with Crippen molar-refractivity contribution in [3.05, 3.63) is 59.2 Å². The Morgan fingerprint density at radius 1 is 0.971 bits per heavy atom. The van der Waals surface area contributed by atoms with Gasteiger partial charge in [0.25, 0.3) is 21.9 Å². The van der Waals surface area contributed by atoms with Crippen LogP contribution in [0, 0.1) is 0 Å². The number of rotatable bonds is 9. The van der Waals surface area contributed by atoms with Gasteiger partial charge in [-0.25, -0.2) is 0 Å². The van der Waals surface area contributed by atoms with Crippen LogP contribution in [0.3, 0.4) is 0 Å². The Hall–Kier alpha value is -3.02. The molecule has 11 heteroatoms. The Morgan fingerprint density at radius 3 is 2.40 bits per heavy atom. The van der Waals surface area contributed by atoms with Gasteiger partial charge in [0.2, 0.25) is 11.8 Å². The third kappa shape index (κ3) is 5.47. The molecule has 1 fully saturated rings. The lowest BCUT2D eigenvalue weighted by Gasteiger charge is -2.27. The molecule has 1 atom stereocenters. The summed E-state index contributed by atoms with van der Waals surface area (Å²) in [5.41, 5.74) is 1.56. The van der Waals surface area contributed by atoms with Gasteiger partial charge in [0.15, 0.2) is 0 Å². The minimum Gasteiger partial charge on any atom is -0.295 e. The molecule has 184 valence electrons. The number of amides is 4. The summed E-state index contributed by atoms with van der Waals surface area (Å²) in [6.07, 6.45) is 3.64. The fourth-order valence-corrected chi connectivity index (χ4v) is 5.79. The lowest BCUT2D eigenvalue weighted by atomic mass is 10.0. The van der Waals surface area contributed by atoms with E-state index in [9.17, 15) is 27.6 Å². The zero-order chi connectivity index (χ0) is 25.2. The van der Waals surface area contributed by atoms with Crippen LogP contribution >= 0.6 is 11.8 Å². The molecule has 4 rings (SSSR count). The predicted molar refractivity (Wildman–Crippen MR) is 128 cm³/mol. The average molecular weight is 517 g/mol. The summed E-state index contributed by atoms with van der Waals surface area (Å²) in [5, 5.41) is 2.20. The lowest BCUT2D eigenvalue weighted by Crippen LogP contribution is -2.54. The van der Waals surface area contributed by atoms with Crippen LogP contribution in [0.4, 0.5) is 0 Å². The normalized spacial score (nSPS) is 18.1. The number of imide groups is 2. The van der Waals surface area contributed by atoms with E-state index in [-0.39, 0.29) is 23.3 Å². The first-order valence-electron chi connectivity index (χ1n) is 11.2. The third-order valence-corrected chi connectivity index (χ3v) is 8.03. The van der Waals surface area contributed by atoms with E-state index in [4.69, 9.17) is 4.55 Å². The number of hydrogen-bond acceptors (Lipinski definition) is 7. The minimum atomic E-state index is -4.19. The first-order chi connectivity index (χ1) is 16.7. The number of nitrogens with zero attached hydrogens (tertiary/aromatic N) is 1. The molecule has 2 aromatic carbocycles. The Kier molecular flexibility index (Phi) is 7.39. The third-order valence-electron chi connectivity index (χ3n) is 6.02. The van der Waals surface area contributed by atoms with Crippen molar-refractivity contribution in [2.75, 3.05) is 5.75 Å². The summed E-state index contributed by atoms with van der Waals surface area (Å²) in [6, 6.07) is 10.2. The quantitative estimate of drug-likeness (QED) is 0.225.